The molecule has 0 saturated heterocycles. The molecule has 0 radical (unpaired) electrons. The molecule has 172 valence electrons. The number of hydrogen-bond acceptors (Lipinski definition) is 8. The van der Waals surface area contributed by atoms with Crippen LogP contribution in [-0.2, 0) is 9.47 Å². The fourth-order valence-electron chi connectivity index (χ4n) is 2.98. The summed E-state index contributed by atoms with van der Waals surface area (Å²) >= 11 is 0. The Morgan fingerprint density at radius 1 is 1.03 bits per heavy atom. The summed E-state index contributed by atoms with van der Waals surface area (Å²) in [5, 5.41) is 15.6. The van der Waals surface area contributed by atoms with Gasteiger partial charge in [-0.05, 0) is 24.3 Å². The van der Waals surface area contributed by atoms with Gasteiger partial charge < -0.3 is 14.2 Å². The number of hydrogen-bond donors (Lipinski definition) is 0. The molecule has 0 amide bonds. The third kappa shape index (κ3) is 4.76. The third-order valence-corrected chi connectivity index (χ3v) is 4.31. The summed E-state index contributed by atoms with van der Waals surface area (Å²) in [6.07, 6.45) is -5.17. The van der Waals surface area contributed by atoms with Gasteiger partial charge in [0.25, 0.3) is 0 Å². The maximum Gasteiger partial charge on any atom is 0.573 e. The molecule has 13 heteroatoms. The molecule has 0 unspecified atom stereocenters. The summed E-state index contributed by atoms with van der Waals surface area (Å²) in [7, 11) is 2.11. The fraction of sp³-hybridized carbons (Fsp3) is 0.150. The third-order valence-electron chi connectivity index (χ3n) is 4.31. The van der Waals surface area contributed by atoms with Crippen molar-refractivity contribution in [3.05, 3.63) is 69.9 Å². The summed E-state index contributed by atoms with van der Waals surface area (Å²) < 4.78 is 52.1. The number of ether oxygens (including phenoxy) is 3. The lowest BCUT2D eigenvalue weighted by molar-refractivity contribution is -0.388. The number of carbonyl (C=O) groups is 2. The van der Waals surface area contributed by atoms with Crippen molar-refractivity contribution in [3.8, 4) is 22.7 Å². The van der Waals surface area contributed by atoms with Crippen LogP contribution in [0.2, 0.25) is 0 Å². The largest absolute Gasteiger partial charge is 0.573 e. The second-order valence-electron chi connectivity index (χ2n) is 6.29. The second kappa shape index (κ2) is 8.98. The van der Waals surface area contributed by atoms with Crippen LogP contribution in [0, 0.1) is 10.1 Å². The molecular formula is C20H14F3N3O7. The van der Waals surface area contributed by atoms with Gasteiger partial charge in [0.1, 0.15) is 11.3 Å². The van der Waals surface area contributed by atoms with Gasteiger partial charge in [0.2, 0.25) is 5.75 Å². The number of carbonyl (C=O) groups excluding carboxylic acids is 2. The van der Waals surface area contributed by atoms with Gasteiger partial charge in [0, 0.05) is 11.6 Å². The lowest BCUT2D eigenvalue weighted by Gasteiger charge is -2.10. The smallest absolute Gasteiger partial charge is 0.465 e. The molecule has 0 atom stereocenters. The number of alkyl halides is 3. The van der Waals surface area contributed by atoms with Gasteiger partial charge in [0.05, 0.1) is 24.8 Å². The first-order chi connectivity index (χ1) is 15.6. The lowest BCUT2D eigenvalue weighted by atomic mass is 10.0. The van der Waals surface area contributed by atoms with Crippen LogP contribution in [0.3, 0.4) is 0 Å². The second-order valence-corrected chi connectivity index (χ2v) is 6.29. The van der Waals surface area contributed by atoms with E-state index in [0.29, 0.717) is 11.8 Å². The van der Waals surface area contributed by atoms with E-state index in [1.807, 2.05) is 0 Å². The van der Waals surface area contributed by atoms with E-state index in [-0.39, 0.29) is 17.0 Å². The molecule has 3 aromatic rings. The molecule has 0 aliphatic heterocycles. The van der Waals surface area contributed by atoms with Gasteiger partial charge in [-0.1, -0.05) is 18.2 Å². The predicted molar refractivity (Wildman–Crippen MR) is 105 cm³/mol. The Morgan fingerprint density at radius 2 is 1.67 bits per heavy atom. The SMILES string of the molecule is COC(=O)c1c(-c2ccc(OC(F)(F)F)c([N+](=O)[O-])c2)nn(-c2ccccc2)c1C(=O)OC. The Hall–Kier alpha value is -4.42. The fourth-order valence-corrected chi connectivity index (χ4v) is 2.98. The number of halogens is 3. The number of esters is 2. The highest BCUT2D eigenvalue weighted by molar-refractivity contribution is 6.07. The molecule has 0 fully saturated rings. The number of benzene rings is 2. The molecule has 1 aromatic heterocycles. The highest BCUT2D eigenvalue weighted by atomic mass is 19.4. The first-order valence-electron chi connectivity index (χ1n) is 8.97. The number of rotatable bonds is 6. The molecule has 0 N–H and O–H groups in total. The van der Waals surface area contributed by atoms with Gasteiger partial charge in [-0.25, -0.2) is 14.3 Å². The molecule has 10 nitrogen and oxygen atoms in total. The zero-order chi connectivity index (χ0) is 24.3. The zero-order valence-corrected chi connectivity index (χ0v) is 17.0. The monoisotopic (exact) mass is 465 g/mol. The van der Waals surface area contributed by atoms with E-state index < -0.39 is 40.2 Å². The van der Waals surface area contributed by atoms with Gasteiger partial charge in [-0.15, -0.1) is 13.2 Å². The minimum Gasteiger partial charge on any atom is -0.465 e. The molecule has 0 aliphatic rings. The molecule has 3 rings (SSSR count). The van der Waals surface area contributed by atoms with Crippen molar-refractivity contribution in [2.24, 2.45) is 0 Å². The van der Waals surface area contributed by atoms with Crippen LogP contribution in [0.1, 0.15) is 20.8 Å². The molecule has 2 aromatic carbocycles. The van der Waals surface area contributed by atoms with E-state index in [1.165, 1.54) is 0 Å². The van der Waals surface area contributed by atoms with Crippen molar-refractivity contribution in [2.75, 3.05) is 14.2 Å². The van der Waals surface area contributed by atoms with E-state index in [9.17, 15) is 32.9 Å². The predicted octanol–water partition coefficient (Wildman–Crippen LogP) is 3.92. The van der Waals surface area contributed by atoms with E-state index >= 15 is 0 Å². The molecule has 0 aliphatic carbocycles. The van der Waals surface area contributed by atoms with Gasteiger partial charge in [-0.3, -0.25) is 10.1 Å². The van der Waals surface area contributed by atoms with Gasteiger partial charge >= 0.3 is 24.0 Å². The number of para-hydroxylation sites is 1. The topological polar surface area (TPSA) is 123 Å². The molecule has 0 saturated carbocycles. The average Bonchev–Trinajstić information content (AvgIpc) is 3.18. The summed E-state index contributed by atoms with van der Waals surface area (Å²) in [5.74, 6) is -3.05. The zero-order valence-electron chi connectivity index (χ0n) is 17.0. The van der Waals surface area contributed by atoms with E-state index in [4.69, 9.17) is 9.47 Å². The highest BCUT2D eigenvalue weighted by Gasteiger charge is 2.36. The van der Waals surface area contributed by atoms with Crippen LogP contribution in [0.15, 0.2) is 48.5 Å². The van der Waals surface area contributed by atoms with Crippen molar-refractivity contribution in [2.45, 2.75) is 6.36 Å². The number of methoxy groups -OCH3 is 2. The summed E-state index contributed by atoms with van der Waals surface area (Å²) in [6, 6.07) is 10.6. The van der Waals surface area contributed by atoms with Crippen LogP contribution >= 0.6 is 0 Å². The number of nitro groups is 1. The van der Waals surface area contributed by atoms with Crippen LogP contribution in [-0.4, -0.2) is 47.2 Å². The maximum atomic E-state index is 12.6. The molecule has 0 bridgehead atoms. The Labute approximate surface area is 183 Å². The number of nitro benzene ring substituents is 1. The van der Waals surface area contributed by atoms with Crippen LogP contribution in [0.4, 0.5) is 18.9 Å². The minimum atomic E-state index is -5.17. The lowest BCUT2D eigenvalue weighted by Crippen LogP contribution is -2.18. The first-order valence-corrected chi connectivity index (χ1v) is 8.97. The van der Waals surface area contributed by atoms with E-state index in [0.717, 1.165) is 31.0 Å². The summed E-state index contributed by atoms with van der Waals surface area (Å²) in [4.78, 5) is 35.4. The normalized spacial score (nSPS) is 11.1. The quantitative estimate of drug-likeness (QED) is 0.305. The Morgan fingerprint density at radius 3 is 2.21 bits per heavy atom. The van der Waals surface area contributed by atoms with Crippen molar-refractivity contribution in [3.63, 3.8) is 0 Å². The molecule has 0 spiro atoms. The Bertz CT molecular complexity index is 1220. The number of nitrogens with zero attached hydrogens (tertiary/aromatic N) is 3. The maximum absolute atomic E-state index is 12.6. The summed E-state index contributed by atoms with van der Waals surface area (Å²) in [6.45, 7) is 0. The van der Waals surface area contributed by atoms with Crippen molar-refractivity contribution >= 4 is 17.6 Å². The van der Waals surface area contributed by atoms with E-state index in [2.05, 4.69) is 9.84 Å². The van der Waals surface area contributed by atoms with Gasteiger partial charge in [-0.2, -0.15) is 5.10 Å². The van der Waals surface area contributed by atoms with Crippen molar-refractivity contribution in [1.82, 2.24) is 9.78 Å². The molecule has 1 heterocycles. The molecule has 33 heavy (non-hydrogen) atoms. The van der Waals surface area contributed by atoms with E-state index in [1.54, 1.807) is 30.3 Å². The van der Waals surface area contributed by atoms with Crippen molar-refractivity contribution in [1.29, 1.82) is 0 Å². The number of aromatic nitrogens is 2. The molecular weight excluding hydrogens is 451 g/mol. The Balaban J connectivity index is 2.32. The summed E-state index contributed by atoms with van der Waals surface area (Å²) in [5.41, 5.74) is -1.84. The van der Waals surface area contributed by atoms with Gasteiger partial charge in [0.15, 0.2) is 5.69 Å². The van der Waals surface area contributed by atoms with Crippen molar-refractivity contribution < 1.29 is 41.9 Å². The van der Waals surface area contributed by atoms with Crippen LogP contribution in [0.5, 0.6) is 5.75 Å². The van der Waals surface area contributed by atoms with Crippen LogP contribution < -0.4 is 4.74 Å². The highest BCUT2D eigenvalue weighted by Crippen LogP contribution is 2.37. The average molecular weight is 465 g/mol. The Kier molecular flexibility index (Phi) is 6.33. The first kappa shape index (κ1) is 23.2. The van der Waals surface area contributed by atoms with Crippen LogP contribution in [0.25, 0.3) is 16.9 Å². The minimum absolute atomic E-state index is 0.142. The standard InChI is InChI=1S/C20H14F3N3O7/c1-31-18(27)15-16(11-8-9-14(33-20(21,22)23)13(10-11)26(29)30)24-25(17(15)19(28)32-2)12-6-4-3-5-7-12/h3-10H,1-2H3.